The van der Waals surface area contributed by atoms with Crippen molar-refractivity contribution in [3.8, 4) is 11.1 Å². The van der Waals surface area contributed by atoms with Crippen LogP contribution in [0.2, 0.25) is 0 Å². The van der Waals surface area contributed by atoms with Crippen molar-refractivity contribution < 1.29 is 0 Å². The van der Waals surface area contributed by atoms with Gasteiger partial charge in [0, 0.05) is 17.2 Å². The van der Waals surface area contributed by atoms with Gasteiger partial charge in [-0.3, -0.25) is 5.10 Å². The quantitative estimate of drug-likeness (QED) is 0.867. The molecule has 21 heavy (non-hydrogen) atoms. The minimum Gasteiger partial charge on any atom is -0.382 e. The van der Waals surface area contributed by atoms with E-state index in [1.165, 1.54) is 48.1 Å². The highest BCUT2D eigenvalue weighted by molar-refractivity contribution is 5.77. The average molecular weight is 281 g/mol. The molecule has 2 saturated carbocycles. The summed E-state index contributed by atoms with van der Waals surface area (Å²) in [6.45, 7) is 4.31. The molecule has 3 atom stereocenters. The Morgan fingerprint density at radius 3 is 2.67 bits per heavy atom. The number of rotatable bonds is 2. The molecule has 0 radical (unpaired) electrons. The summed E-state index contributed by atoms with van der Waals surface area (Å²) >= 11 is 0. The Morgan fingerprint density at radius 2 is 2.00 bits per heavy atom. The van der Waals surface area contributed by atoms with Crippen molar-refractivity contribution in [2.24, 2.45) is 11.8 Å². The number of nitrogens with one attached hydrogen (secondary N) is 1. The molecule has 2 aliphatic carbocycles. The molecule has 0 spiro atoms. The maximum Gasteiger partial charge on any atom is 0.153 e. The largest absolute Gasteiger partial charge is 0.382 e. The molecule has 2 aliphatic rings. The smallest absolute Gasteiger partial charge is 0.153 e. The highest BCUT2D eigenvalue weighted by atomic mass is 15.2. The second-order valence-electron chi connectivity index (χ2n) is 6.98. The Bertz CT molecular complexity index is 686. The topological polar surface area (TPSA) is 54.7 Å². The van der Waals surface area contributed by atoms with Gasteiger partial charge in [0.25, 0.3) is 0 Å². The molecular weight excluding hydrogens is 258 g/mol. The molecule has 2 bridgehead atoms. The molecule has 110 valence electrons. The van der Waals surface area contributed by atoms with Crippen molar-refractivity contribution in [2.45, 2.75) is 45.4 Å². The maximum atomic E-state index is 6.18. The molecule has 1 aromatic heterocycles. The van der Waals surface area contributed by atoms with Crippen LogP contribution in [0.25, 0.3) is 11.1 Å². The van der Waals surface area contributed by atoms with Crippen LogP contribution in [0, 0.1) is 25.7 Å². The first-order valence-corrected chi connectivity index (χ1v) is 8.05. The molecule has 0 saturated heterocycles. The van der Waals surface area contributed by atoms with Crippen molar-refractivity contribution >= 4 is 5.82 Å². The third-order valence-corrected chi connectivity index (χ3v) is 5.73. The highest BCUT2D eigenvalue weighted by Gasteiger charge is 2.42. The number of benzene rings is 1. The minimum absolute atomic E-state index is 0.630. The Labute approximate surface area is 125 Å². The van der Waals surface area contributed by atoms with Crippen LogP contribution in [0.3, 0.4) is 0 Å². The molecule has 0 amide bonds. The Balaban J connectivity index is 1.78. The number of aryl methyl sites for hydroxylation is 2. The summed E-state index contributed by atoms with van der Waals surface area (Å²) in [7, 11) is 0. The summed E-state index contributed by atoms with van der Waals surface area (Å²) in [6.07, 6.45) is 5.50. The molecule has 0 aliphatic heterocycles. The van der Waals surface area contributed by atoms with Crippen LogP contribution in [-0.2, 0) is 0 Å². The third-order valence-electron chi connectivity index (χ3n) is 5.73. The predicted octanol–water partition coefficient (Wildman–Crippen LogP) is 4.18. The number of hydrogen-bond acceptors (Lipinski definition) is 2. The fourth-order valence-corrected chi connectivity index (χ4v) is 4.44. The first-order chi connectivity index (χ1) is 10.1. The number of H-pyrrole nitrogens is 1. The number of nitrogens with zero attached hydrogens (tertiary/aromatic N) is 1. The molecule has 1 heterocycles. The second-order valence-corrected chi connectivity index (χ2v) is 6.98. The summed E-state index contributed by atoms with van der Waals surface area (Å²) in [4.78, 5) is 0. The molecule has 4 rings (SSSR count). The second kappa shape index (κ2) is 4.62. The number of anilines is 1. The van der Waals surface area contributed by atoms with E-state index < -0.39 is 0 Å². The van der Waals surface area contributed by atoms with Gasteiger partial charge in [0.15, 0.2) is 5.82 Å². The van der Waals surface area contributed by atoms with Crippen LogP contribution in [0.5, 0.6) is 0 Å². The fraction of sp³-hybridized carbons (Fsp3) is 0.500. The molecule has 2 fully saturated rings. The molecule has 2 aromatic rings. The van der Waals surface area contributed by atoms with E-state index in [9.17, 15) is 0 Å². The lowest BCUT2D eigenvalue weighted by Crippen LogP contribution is -2.10. The van der Waals surface area contributed by atoms with Gasteiger partial charge in [-0.15, -0.1) is 0 Å². The van der Waals surface area contributed by atoms with Crippen molar-refractivity contribution in [1.29, 1.82) is 0 Å². The van der Waals surface area contributed by atoms with Gasteiger partial charge in [-0.2, -0.15) is 5.10 Å². The standard InChI is InChI=1S/C18H23N3/c1-10-3-5-14(7-11(10)2)16-17(20-21-18(16)19)15-9-12-4-6-13(15)8-12/h3,5,7,12-13,15H,4,6,8-9H2,1-2H3,(H3,19,20,21). The summed E-state index contributed by atoms with van der Waals surface area (Å²) in [5.74, 6) is 3.04. The molecule has 3 unspecified atom stereocenters. The van der Waals surface area contributed by atoms with Crippen LogP contribution in [-0.4, -0.2) is 10.2 Å². The van der Waals surface area contributed by atoms with E-state index in [-0.39, 0.29) is 0 Å². The zero-order valence-electron chi connectivity index (χ0n) is 12.8. The lowest BCUT2D eigenvalue weighted by Gasteiger charge is -2.22. The monoisotopic (exact) mass is 281 g/mol. The van der Waals surface area contributed by atoms with Crippen LogP contribution in [0.1, 0.15) is 48.4 Å². The van der Waals surface area contributed by atoms with Gasteiger partial charge in [0.1, 0.15) is 0 Å². The van der Waals surface area contributed by atoms with E-state index in [1.807, 2.05) is 0 Å². The van der Waals surface area contributed by atoms with E-state index in [4.69, 9.17) is 5.73 Å². The minimum atomic E-state index is 0.630. The number of hydrogen-bond donors (Lipinski definition) is 2. The van der Waals surface area contributed by atoms with Gasteiger partial charge in [-0.05, 0) is 61.6 Å². The van der Waals surface area contributed by atoms with E-state index in [2.05, 4.69) is 42.2 Å². The zero-order valence-corrected chi connectivity index (χ0v) is 12.8. The molecule has 3 heteroatoms. The van der Waals surface area contributed by atoms with Gasteiger partial charge in [-0.25, -0.2) is 0 Å². The van der Waals surface area contributed by atoms with Crippen LogP contribution in [0.15, 0.2) is 18.2 Å². The Morgan fingerprint density at radius 1 is 1.14 bits per heavy atom. The van der Waals surface area contributed by atoms with Crippen LogP contribution >= 0.6 is 0 Å². The molecule has 3 nitrogen and oxygen atoms in total. The van der Waals surface area contributed by atoms with Gasteiger partial charge in [0.05, 0.1) is 0 Å². The van der Waals surface area contributed by atoms with E-state index in [0.717, 1.165) is 17.4 Å². The van der Waals surface area contributed by atoms with Gasteiger partial charge < -0.3 is 5.73 Å². The highest BCUT2D eigenvalue weighted by Crippen LogP contribution is 2.54. The summed E-state index contributed by atoms with van der Waals surface area (Å²) < 4.78 is 0. The molecular formula is C18H23N3. The number of aromatic amines is 1. The number of nitrogen functional groups attached to an aromatic ring is 1. The lowest BCUT2D eigenvalue weighted by molar-refractivity contribution is 0.413. The van der Waals surface area contributed by atoms with Gasteiger partial charge >= 0.3 is 0 Å². The number of fused-ring (bicyclic) bond motifs is 2. The van der Waals surface area contributed by atoms with E-state index >= 15 is 0 Å². The van der Waals surface area contributed by atoms with Crippen molar-refractivity contribution in [1.82, 2.24) is 10.2 Å². The lowest BCUT2D eigenvalue weighted by atomic mass is 9.83. The fourth-order valence-electron chi connectivity index (χ4n) is 4.44. The van der Waals surface area contributed by atoms with Gasteiger partial charge in [0.2, 0.25) is 0 Å². The summed E-state index contributed by atoms with van der Waals surface area (Å²) in [5, 5.41) is 7.58. The number of aromatic nitrogens is 2. The van der Waals surface area contributed by atoms with Crippen molar-refractivity contribution in [3.05, 3.63) is 35.0 Å². The first kappa shape index (κ1) is 12.9. The van der Waals surface area contributed by atoms with E-state index in [0.29, 0.717) is 11.7 Å². The van der Waals surface area contributed by atoms with Crippen LogP contribution < -0.4 is 5.73 Å². The molecule has 1 aromatic carbocycles. The SMILES string of the molecule is Cc1ccc(-c2c(N)n[nH]c2C2CC3CCC2C3)cc1C. The third kappa shape index (κ3) is 1.98. The Hall–Kier alpha value is -1.77. The first-order valence-electron chi connectivity index (χ1n) is 8.05. The molecule has 3 N–H and O–H groups in total. The maximum absolute atomic E-state index is 6.18. The predicted molar refractivity (Wildman–Crippen MR) is 86.1 cm³/mol. The summed E-state index contributed by atoms with van der Waals surface area (Å²) in [6, 6.07) is 6.61. The van der Waals surface area contributed by atoms with Crippen LogP contribution in [0.4, 0.5) is 5.82 Å². The average Bonchev–Trinajstić information content (AvgIpc) is 3.16. The Kier molecular flexibility index (Phi) is 2.84. The van der Waals surface area contributed by atoms with Crippen molar-refractivity contribution in [3.63, 3.8) is 0 Å². The zero-order chi connectivity index (χ0) is 14.6. The summed E-state index contributed by atoms with van der Waals surface area (Å²) in [5.41, 5.74) is 12.5. The normalized spacial score (nSPS) is 27.4. The van der Waals surface area contributed by atoms with Gasteiger partial charge in [-0.1, -0.05) is 24.6 Å². The van der Waals surface area contributed by atoms with E-state index in [1.54, 1.807) is 0 Å². The number of nitrogens with two attached hydrogens (primary N) is 1. The van der Waals surface area contributed by atoms with Crippen molar-refractivity contribution in [2.75, 3.05) is 5.73 Å².